The van der Waals surface area contributed by atoms with Crippen molar-refractivity contribution in [3.05, 3.63) is 26.4 Å². The second-order valence-corrected chi connectivity index (χ2v) is 6.81. The second-order valence-electron chi connectivity index (χ2n) is 3.06. The molecule has 7 heteroatoms. The minimum atomic E-state index is -3.35. The molecule has 15 heavy (non-hydrogen) atoms. The number of rotatable bonds is 1. The molecule has 0 fully saturated rings. The smallest absolute Gasteiger partial charge is 0.205 e. The van der Waals surface area contributed by atoms with Gasteiger partial charge < -0.3 is 0 Å². The lowest BCUT2D eigenvalue weighted by Gasteiger charge is -1.99. The molecule has 0 radical (unpaired) electrons. The summed E-state index contributed by atoms with van der Waals surface area (Å²) in [7, 11) is -3.35. The van der Waals surface area contributed by atoms with Gasteiger partial charge in [0.15, 0.2) is 0 Å². The van der Waals surface area contributed by atoms with Gasteiger partial charge >= 0.3 is 0 Å². The summed E-state index contributed by atoms with van der Waals surface area (Å²) in [6, 6.07) is 5.44. The summed E-state index contributed by atoms with van der Waals surface area (Å²) in [6.07, 6.45) is 1.14. The zero-order valence-corrected chi connectivity index (χ0v) is 12.2. The maximum atomic E-state index is 11.5. The minimum absolute atomic E-state index is 0.594. The lowest BCUT2D eigenvalue weighted by molar-refractivity contribution is 0.588. The van der Waals surface area contributed by atoms with Crippen LogP contribution in [0.25, 0.3) is 10.9 Å². The van der Waals surface area contributed by atoms with Crippen molar-refractivity contribution in [3.8, 4) is 0 Å². The molecule has 0 saturated heterocycles. The van der Waals surface area contributed by atoms with Crippen LogP contribution in [0, 0.1) is 3.70 Å². The zero-order chi connectivity index (χ0) is 11.2. The van der Waals surface area contributed by atoms with E-state index in [1.54, 1.807) is 6.07 Å². The molecule has 0 amide bonds. The predicted molar refractivity (Wildman–Crippen MR) is 70.4 cm³/mol. The number of nitrogens with zero attached hydrogens (tertiary/aromatic N) is 2. The Morgan fingerprint density at radius 2 is 2.13 bits per heavy atom. The molecule has 2 rings (SSSR count). The van der Waals surface area contributed by atoms with Gasteiger partial charge in [0, 0.05) is 9.86 Å². The normalized spacial score (nSPS) is 12.2. The van der Waals surface area contributed by atoms with E-state index in [-0.39, 0.29) is 0 Å². The summed E-state index contributed by atoms with van der Waals surface area (Å²) in [4.78, 5) is 0. The van der Waals surface area contributed by atoms with Crippen LogP contribution in [-0.2, 0) is 10.0 Å². The largest absolute Gasteiger partial charge is 0.251 e. The van der Waals surface area contributed by atoms with E-state index in [0.29, 0.717) is 9.22 Å². The van der Waals surface area contributed by atoms with Crippen LogP contribution >= 0.6 is 38.5 Å². The van der Waals surface area contributed by atoms with E-state index in [4.69, 9.17) is 0 Å². The Morgan fingerprint density at radius 3 is 2.73 bits per heavy atom. The first-order valence-electron chi connectivity index (χ1n) is 3.94. The van der Waals surface area contributed by atoms with E-state index < -0.39 is 10.0 Å². The first kappa shape index (κ1) is 11.3. The van der Waals surface area contributed by atoms with Gasteiger partial charge in [0.25, 0.3) is 10.0 Å². The summed E-state index contributed by atoms with van der Waals surface area (Å²) in [5.41, 5.74) is 0.594. The van der Waals surface area contributed by atoms with Gasteiger partial charge in [-0.1, -0.05) is 15.9 Å². The van der Waals surface area contributed by atoms with Crippen LogP contribution in [-0.4, -0.2) is 23.9 Å². The van der Waals surface area contributed by atoms with Gasteiger partial charge in [-0.25, -0.2) is 8.42 Å². The molecule has 0 atom stereocenters. The Balaban J connectivity index is 2.94. The van der Waals surface area contributed by atoms with Crippen molar-refractivity contribution in [2.45, 2.75) is 0 Å². The molecule has 0 aliphatic rings. The fraction of sp³-hybridized carbons (Fsp3) is 0.125. The topological polar surface area (TPSA) is 52.0 Å². The van der Waals surface area contributed by atoms with Gasteiger partial charge in [-0.3, -0.25) is 0 Å². The highest BCUT2D eigenvalue weighted by atomic mass is 127. The molecule has 1 heterocycles. The molecular formula is C8H6BrIN2O2S. The molecule has 0 unspecified atom stereocenters. The summed E-state index contributed by atoms with van der Waals surface area (Å²) >= 11 is 5.32. The molecule has 4 nitrogen and oxygen atoms in total. The van der Waals surface area contributed by atoms with Crippen molar-refractivity contribution in [2.24, 2.45) is 0 Å². The van der Waals surface area contributed by atoms with E-state index in [2.05, 4.69) is 21.0 Å². The minimum Gasteiger partial charge on any atom is -0.205 e. The quantitative estimate of drug-likeness (QED) is 0.689. The Bertz CT molecular complexity index is 635. The lowest BCUT2D eigenvalue weighted by atomic mass is 10.3. The van der Waals surface area contributed by atoms with Gasteiger partial charge in [-0.05, 0) is 40.8 Å². The molecule has 1 aromatic carbocycles. The Hall–Kier alpha value is -0.150. The maximum absolute atomic E-state index is 11.5. The highest BCUT2D eigenvalue weighted by Crippen LogP contribution is 2.24. The van der Waals surface area contributed by atoms with Crippen molar-refractivity contribution in [3.63, 3.8) is 0 Å². The van der Waals surface area contributed by atoms with E-state index in [1.807, 2.05) is 34.7 Å². The van der Waals surface area contributed by atoms with Gasteiger partial charge in [0.2, 0.25) is 0 Å². The zero-order valence-electron chi connectivity index (χ0n) is 7.61. The van der Waals surface area contributed by atoms with Gasteiger partial charge in [0.1, 0.15) is 3.70 Å². The average Bonchev–Trinajstić information content (AvgIpc) is 2.42. The first-order valence-corrected chi connectivity index (χ1v) is 7.66. The summed E-state index contributed by atoms with van der Waals surface area (Å²) in [6.45, 7) is 0. The molecular weight excluding hydrogens is 395 g/mol. The first-order chi connectivity index (χ1) is 6.89. The van der Waals surface area contributed by atoms with Crippen LogP contribution < -0.4 is 0 Å². The van der Waals surface area contributed by atoms with Crippen LogP contribution in [0.15, 0.2) is 22.7 Å². The lowest BCUT2D eigenvalue weighted by Crippen LogP contribution is -2.11. The second kappa shape index (κ2) is 3.70. The average molecular weight is 401 g/mol. The Kier molecular flexibility index (Phi) is 2.80. The summed E-state index contributed by atoms with van der Waals surface area (Å²) < 4.78 is 25.5. The van der Waals surface area contributed by atoms with Gasteiger partial charge in [-0.2, -0.15) is 9.19 Å². The molecule has 0 saturated carbocycles. The van der Waals surface area contributed by atoms with Crippen molar-refractivity contribution in [1.29, 1.82) is 0 Å². The number of fused-ring (bicyclic) bond motifs is 1. The molecule has 0 aliphatic heterocycles. The van der Waals surface area contributed by atoms with Gasteiger partial charge in [0.05, 0.1) is 11.8 Å². The molecule has 0 aliphatic carbocycles. The predicted octanol–water partition coefficient (Wildman–Crippen LogP) is 2.21. The maximum Gasteiger partial charge on any atom is 0.251 e. The van der Waals surface area contributed by atoms with Crippen molar-refractivity contribution in [2.75, 3.05) is 6.26 Å². The molecule has 0 spiro atoms. The Labute approximate surface area is 109 Å². The molecule has 2 aromatic rings. The third-order valence-corrected chi connectivity index (χ3v) is 4.08. The van der Waals surface area contributed by atoms with Crippen LogP contribution in [0.3, 0.4) is 0 Å². The SMILES string of the molecule is CS(=O)(=O)n1nc(I)c2ccc(Br)cc21. The highest BCUT2D eigenvalue weighted by Gasteiger charge is 2.15. The van der Waals surface area contributed by atoms with E-state index in [1.165, 1.54) is 0 Å². The van der Waals surface area contributed by atoms with Crippen LogP contribution in [0.1, 0.15) is 0 Å². The third kappa shape index (κ3) is 2.04. The van der Waals surface area contributed by atoms with E-state index >= 15 is 0 Å². The number of hydrogen-bond donors (Lipinski definition) is 0. The van der Waals surface area contributed by atoms with Crippen LogP contribution in [0.5, 0.6) is 0 Å². The third-order valence-electron chi connectivity index (χ3n) is 1.88. The fourth-order valence-electron chi connectivity index (χ4n) is 1.28. The molecule has 1 aromatic heterocycles. The molecule has 0 N–H and O–H groups in total. The summed E-state index contributed by atoms with van der Waals surface area (Å²) in [5.74, 6) is 0. The van der Waals surface area contributed by atoms with Crippen molar-refractivity contribution < 1.29 is 8.42 Å². The monoisotopic (exact) mass is 400 g/mol. The standard InChI is InChI=1S/C8H6BrIN2O2S/c1-15(13,14)12-7-4-5(9)2-3-6(7)8(10)11-12/h2-4H,1H3. The van der Waals surface area contributed by atoms with Crippen molar-refractivity contribution in [1.82, 2.24) is 9.19 Å². The Morgan fingerprint density at radius 1 is 1.47 bits per heavy atom. The number of halogens is 2. The van der Waals surface area contributed by atoms with E-state index in [0.717, 1.165) is 20.2 Å². The van der Waals surface area contributed by atoms with Crippen molar-refractivity contribution >= 4 is 59.4 Å². The molecule has 0 bridgehead atoms. The number of benzene rings is 1. The highest BCUT2D eigenvalue weighted by molar-refractivity contribution is 14.1. The number of hydrogen-bond acceptors (Lipinski definition) is 3. The van der Waals surface area contributed by atoms with Crippen LogP contribution in [0.4, 0.5) is 0 Å². The van der Waals surface area contributed by atoms with Gasteiger partial charge in [-0.15, -0.1) is 0 Å². The van der Waals surface area contributed by atoms with Crippen LogP contribution in [0.2, 0.25) is 0 Å². The fourth-order valence-corrected chi connectivity index (χ4v) is 3.18. The van der Waals surface area contributed by atoms with E-state index in [9.17, 15) is 8.42 Å². The molecule has 80 valence electrons. The number of aromatic nitrogens is 2. The summed E-state index contributed by atoms with van der Waals surface area (Å²) in [5, 5.41) is 4.83.